The lowest BCUT2D eigenvalue weighted by molar-refractivity contribution is -0.136. The molecule has 3 heterocycles. The van der Waals surface area contributed by atoms with Gasteiger partial charge in [-0.3, -0.25) is 9.59 Å². The Bertz CT molecular complexity index is 893. The van der Waals surface area contributed by atoms with Crippen molar-refractivity contribution in [1.29, 1.82) is 0 Å². The molecule has 0 spiro atoms. The Balaban J connectivity index is 0.00000205. The van der Waals surface area contributed by atoms with Crippen LogP contribution in [-0.2, 0) is 4.79 Å². The van der Waals surface area contributed by atoms with E-state index in [0.717, 1.165) is 55.4 Å². The number of nitrogens with one attached hydrogen (secondary N) is 1. The maximum Gasteiger partial charge on any atom is 0.254 e. The Morgan fingerprint density at radius 2 is 1.52 bits per heavy atom. The van der Waals surface area contributed by atoms with Gasteiger partial charge in [0, 0.05) is 50.7 Å². The fraction of sp³-hybridized carbons (Fsp3) is 0.478. The number of fused-ring (bicyclic) bond motifs is 2. The molecule has 0 saturated carbocycles. The van der Waals surface area contributed by atoms with Crippen molar-refractivity contribution < 1.29 is 9.59 Å². The molecule has 0 radical (unpaired) electrons. The van der Waals surface area contributed by atoms with Gasteiger partial charge in [-0.15, -0.1) is 12.4 Å². The second-order valence-corrected chi connectivity index (χ2v) is 8.51. The first-order valence-electron chi connectivity index (χ1n) is 10.5. The quantitative estimate of drug-likeness (QED) is 0.823. The van der Waals surface area contributed by atoms with Gasteiger partial charge in [0.2, 0.25) is 5.91 Å². The highest BCUT2D eigenvalue weighted by Crippen LogP contribution is 2.30. The largest absolute Gasteiger partial charge is 0.342 e. The van der Waals surface area contributed by atoms with Crippen molar-refractivity contribution in [2.24, 2.45) is 17.8 Å². The normalized spacial score (nSPS) is 24.4. The summed E-state index contributed by atoms with van der Waals surface area (Å²) in [5.74, 6) is 1.74. The van der Waals surface area contributed by atoms with Gasteiger partial charge in [0.15, 0.2) is 0 Å². The van der Waals surface area contributed by atoms with Crippen LogP contribution in [0.25, 0.3) is 10.8 Å². The number of amides is 2. The number of carbonyl (C=O) groups excluding carboxylic acids is 2. The molecule has 3 aliphatic heterocycles. The zero-order chi connectivity index (χ0) is 19.1. The van der Waals surface area contributed by atoms with Gasteiger partial charge < -0.3 is 15.1 Å². The second-order valence-electron chi connectivity index (χ2n) is 8.51. The molecule has 2 amide bonds. The first-order valence-corrected chi connectivity index (χ1v) is 10.5. The molecule has 2 aromatic carbocycles. The number of halogens is 1. The molecule has 0 unspecified atom stereocenters. The fourth-order valence-electron chi connectivity index (χ4n) is 5.21. The number of rotatable bonds is 2. The summed E-state index contributed by atoms with van der Waals surface area (Å²) in [6.45, 7) is 5.25. The van der Waals surface area contributed by atoms with Crippen molar-refractivity contribution >= 4 is 35.0 Å². The molecule has 3 fully saturated rings. The molecule has 3 aliphatic rings. The second kappa shape index (κ2) is 8.33. The minimum Gasteiger partial charge on any atom is -0.342 e. The molecule has 5 nitrogen and oxygen atoms in total. The molecule has 3 saturated heterocycles. The zero-order valence-electron chi connectivity index (χ0n) is 16.5. The molecule has 29 heavy (non-hydrogen) atoms. The first-order chi connectivity index (χ1) is 13.7. The molecule has 2 atom stereocenters. The third-order valence-corrected chi connectivity index (χ3v) is 6.85. The summed E-state index contributed by atoms with van der Waals surface area (Å²) < 4.78 is 0. The summed E-state index contributed by atoms with van der Waals surface area (Å²) in [5, 5.41) is 5.52. The highest BCUT2D eigenvalue weighted by atomic mass is 35.5. The van der Waals surface area contributed by atoms with Crippen LogP contribution in [-0.4, -0.2) is 60.9 Å². The van der Waals surface area contributed by atoms with Crippen LogP contribution in [0.5, 0.6) is 0 Å². The highest BCUT2D eigenvalue weighted by Gasteiger charge is 2.40. The van der Waals surface area contributed by atoms with Crippen molar-refractivity contribution in [3.8, 4) is 0 Å². The van der Waals surface area contributed by atoms with E-state index in [1.165, 1.54) is 0 Å². The van der Waals surface area contributed by atoms with Gasteiger partial charge in [-0.05, 0) is 41.5 Å². The van der Waals surface area contributed by atoms with Gasteiger partial charge in [-0.2, -0.15) is 0 Å². The zero-order valence-corrected chi connectivity index (χ0v) is 17.4. The van der Waals surface area contributed by atoms with E-state index in [1.807, 2.05) is 47.4 Å². The van der Waals surface area contributed by atoms with Gasteiger partial charge in [-0.25, -0.2) is 0 Å². The number of benzene rings is 2. The summed E-state index contributed by atoms with van der Waals surface area (Å²) in [5.41, 5.74) is 0.766. The lowest BCUT2D eigenvalue weighted by atomic mass is 9.94. The van der Waals surface area contributed by atoms with Crippen LogP contribution in [0.4, 0.5) is 0 Å². The Morgan fingerprint density at radius 1 is 0.862 bits per heavy atom. The number of likely N-dealkylation sites (tertiary alicyclic amines) is 2. The van der Waals surface area contributed by atoms with Crippen molar-refractivity contribution in [3.63, 3.8) is 0 Å². The summed E-state index contributed by atoms with van der Waals surface area (Å²) >= 11 is 0. The standard InChI is InChI=1S/C23H27N3O2.ClH/c27-22(26-14-18-12-24-13-19(18)15-26)17-8-10-25(11-9-17)23(28)21-7-3-5-16-4-1-2-6-20(16)21;/h1-7,17-19,24H,8-15H2;1H/t18-,19+;. The van der Waals surface area contributed by atoms with Crippen LogP contribution in [0.2, 0.25) is 0 Å². The van der Waals surface area contributed by atoms with Crippen LogP contribution in [0, 0.1) is 17.8 Å². The third-order valence-electron chi connectivity index (χ3n) is 6.85. The summed E-state index contributed by atoms with van der Waals surface area (Å²) in [6.07, 6.45) is 1.55. The van der Waals surface area contributed by atoms with E-state index < -0.39 is 0 Å². The Kier molecular flexibility index (Phi) is 5.79. The minimum absolute atomic E-state index is 0. The smallest absolute Gasteiger partial charge is 0.254 e. The average Bonchev–Trinajstić information content (AvgIpc) is 3.35. The topological polar surface area (TPSA) is 52.7 Å². The summed E-state index contributed by atoms with van der Waals surface area (Å²) in [6, 6.07) is 13.9. The van der Waals surface area contributed by atoms with E-state index in [1.54, 1.807) is 0 Å². The van der Waals surface area contributed by atoms with Gasteiger partial charge in [-0.1, -0.05) is 36.4 Å². The summed E-state index contributed by atoms with van der Waals surface area (Å²) in [4.78, 5) is 30.1. The molecule has 2 aromatic rings. The van der Waals surface area contributed by atoms with E-state index in [2.05, 4.69) is 10.2 Å². The highest BCUT2D eigenvalue weighted by molar-refractivity contribution is 6.07. The predicted octanol–water partition coefficient (Wildman–Crippen LogP) is 2.79. The fourth-order valence-corrected chi connectivity index (χ4v) is 5.21. The van der Waals surface area contributed by atoms with Gasteiger partial charge in [0.1, 0.15) is 0 Å². The van der Waals surface area contributed by atoms with E-state index in [4.69, 9.17) is 0 Å². The molecular weight excluding hydrogens is 386 g/mol. The lowest BCUT2D eigenvalue weighted by Gasteiger charge is -2.33. The van der Waals surface area contributed by atoms with Crippen molar-refractivity contribution in [3.05, 3.63) is 48.0 Å². The molecule has 0 aliphatic carbocycles. The number of carbonyl (C=O) groups is 2. The SMILES string of the molecule is Cl.O=C(c1cccc2ccccc12)N1CCC(C(=O)N2C[C@H]3CNC[C@H]3C2)CC1. The Hall–Kier alpha value is -2.11. The minimum atomic E-state index is 0. The molecule has 5 rings (SSSR count). The number of piperidine rings is 1. The van der Waals surface area contributed by atoms with E-state index in [-0.39, 0.29) is 24.2 Å². The first kappa shape index (κ1) is 20.2. The van der Waals surface area contributed by atoms with Crippen LogP contribution in [0.3, 0.4) is 0 Å². The van der Waals surface area contributed by atoms with E-state index in [9.17, 15) is 9.59 Å². The van der Waals surface area contributed by atoms with Gasteiger partial charge >= 0.3 is 0 Å². The Labute approximate surface area is 177 Å². The molecular formula is C23H28ClN3O2. The molecule has 6 heteroatoms. The number of hydrogen-bond donors (Lipinski definition) is 1. The van der Waals surface area contributed by atoms with E-state index in [0.29, 0.717) is 30.8 Å². The van der Waals surface area contributed by atoms with Crippen molar-refractivity contribution in [2.45, 2.75) is 12.8 Å². The van der Waals surface area contributed by atoms with Crippen molar-refractivity contribution in [1.82, 2.24) is 15.1 Å². The molecule has 154 valence electrons. The van der Waals surface area contributed by atoms with Gasteiger partial charge in [0.25, 0.3) is 5.91 Å². The average molecular weight is 414 g/mol. The summed E-state index contributed by atoms with van der Waals surface area (Å²) in [7, 11) is 0. The third kappa shape index (κ3) is 3.74. The van der Waals surface area contributed by atoms with Crippen LogP contribution in [0.1, 0.15) is 23.2 Å². The number of nitrogens with zero attached hydrogens (tertiary/aromatic N) is 2. The molecule has 1 N–H and O–H groups in total. The van der Waals surface area contributed by atoms with Crippen LogP contribution < -0.4 is 5.32 Å². The van der Waals surface area contributed by atoms with Crippen LogP contribution >= 0.6 is 12.4 Å². The Morgan fingerprint density at radius 3 is 2.24 bits per heavy atom. The monoisotopic (exact) mass is 413 g/mol. The maximum absolute atomic E-state index is 13.1. The molecule has 0 aromatic heterocycles. The van der Waals surface area contributed by atoms with Crippen LogP contribution in [0.15, 0.2) is 42.5 Å². The molecule has 0 bridgehead atoms. The number of hydrogen-bond acceptors (Lipinski definition) is 3. The predicted molar refractivity (Wildman–Crippen MR) is 116 cm³/mol. The van der Waals surface area contributed by atoms with Gasteiger partial charge in [0.05, 0.1) is 0 Å². The lowest BCUT2D eigenvalue weighted by Crippen LogP contribution is -2.44. The maximum atomic E-state index is 13.1. The van der Waals surface area contributed by atoms with Crippen molar-refractivity contribution in [2.75, 3.05) is 39.3 Å². The van der Waals surface area contributed by atoms with E-state index >= 15 is 0 Å².